The van der Waals surface area contributed by atoms with Crippen LogP contribution < -0.4 is 15.8 Å². The van der Waals surface area contributed by atoms with E-state index in [0.29, 0.717) is 10.3 Å². The molecule has 1 N–H and O–H groups in total. The van der Waals surface area contributed by atoms with Crippen LogP contribution in [0.25, 0.3) is 10.3 Å². The third kappa shape index (κ3) is 4.07. The van der Waals surface area contributed by atoms with Gasteiger partial charge in [-0.1, -0.05) is 24.3 Å². The van der Waals surface area contributed by atoms with Crippen LogP contribution in [-0.4, -0.2) is 58.1 Å². The summed E-state index contributed by atoms with van der Waals surface area (Å²) in [5.41, 5.74) is 3.68. The summed E-state index contributed by atoms with van der Waals surface area (Å²) in [5, 5.41) is 3.74. The summed E-state index contributed by atoms with van der Waals surface area (Å²) in [5.74, 6) is -0.235. The molecule has 1 fully saturated rings. The Morgan fingerprint density at radius 3 is 2.77 bits per heavy atom. The predicted octanol–water partition coefficient (Wildman–Crippen LogP) is 2.12. The van der Waals surface area contributed by atoms with Crippen molar-refractivity contribution in [2.45, 2.75) is 32.7 Å². The third-order valence-corrected chi connectivity index (χ3v) is 7.25. The van der Waals surface area contributed by atoms with E-state index in [0.717, 1.165) is 56.4 Å². The molecule has 8 nitrogen and oxygen atoms in total. The van der Waals surface area contributed by atoms with Crippen molar-refractivity contribution < 1.29 is 4.79 Å². The quantitative estimate of drug-likeness (QED) is 0.657. The fourth-order valence-electron chi connectivity index (χ4n) is 4.34. The molecule has 1 aliphatic heterocycles. The highest BCUT2D eigenvalue weighted by Crippen LogP contribution is 2.26. The highest BCUT2D eigenvalue weighted by Gasteiger charge is 2.21. The van der Waals surface area contributed by atoms with E-state index in [9.17, 15) is 9.59 Å². The molecule has 1 aromatic carbocycles. The van der Waals surface area contributed by atoms with Crippen LogP contribution in [0.2, 0.25) is 0 Å². The number of nitrogens with zero attached hydrogens (tertiary/aromatic N) is 5. The van der Waals surface area contributed by atoms with Gasteiger partial charge in [-0.3, -0.25) is 14.2 Å². The summed E-state index contributed by atoms with van der Waals surface area (Å²) in [4.78, 5) is 39.0. The summed E-state index contributed by atoms with van der Waals surface area (Å²) in [6.07, 6.45) is 4.75. The predicted molar refractivity (Wildman–Crippen MR) is 123 cm³/mol. The standard InChI is InChI=1S/C22H26N6O2S/c1-2-26-8-10-27(11-9-26)22-25-20-19(31-22)21(30)28(14-23-20)13-18(29)24-17-7-6-15-4-3-5-16(15)12-17/h6-7,12,14H,2-5,8-11,13H2,1H3,(H,24,29). The molecule has 2 aromatic heterocycles. The van der Waals surface area contributed by atoms with Gasteiger partial charge in [0.15, 0.2) is 10.8 Å². The van der Waals surface area contributed by atoms with Crippen molar-refractivity contribution in [1.82, 2.24) is 19.4 Å². The van der Waals surface area contributed by atoms with Crippen LogP contribution in [0.15, 0.2) is 29.3 Å². The van der Waals surface area contributed by atoms with E-state index in [1.807, 2.05) is 12.1 Å². The van der Waals surface area contributed by atoms with Crippen LogP contribution in [-0.2, 0) is 24.2 Å². The van der Waals surface area contributed by atoms with Gasteiger partial charge < -0.3 is 15.1 Å². The van der Waals surface area contributed by atoms with Crippen LogP contribution in [0.5, 0.6) is 0 Å². The molecule has 5 rings (SSSR count). The number of carbonyl (C=O) groups excluding carboxylic acids is 1. The number of hydrogen-bond acceptors (Lipinski definition) is 7. The van der Waals surface area contributed by atoms with Gasteiger partial charge in [-0.2, -0.15) is 4.98 Å². The van der Waals surface area contributed by atoms with Crippen molar-refractivity contribution in [3.05, 3.63) is 46.0 Å². The number of nitrogens with one attached hydrogen (secondary N) is 1. The zero-order valence-corrected chi connectivity index (χ0v) is 18.5. The van der Waals surface area contributed by atoms with Gasteiger partial charge >= 0.3 is 0 Å². The van der Waals surface area contributed by atoms with E-state index < -0.39 is 0 Å². The zero-order chi connectivity index (χ0) is 21.4. The lowest BCUT2D eigenvalue weighted by Crippen LogP contribution is -2.46. The van der Waals surface area contributed by atoms with Gasteiger partial charge in [0, 0.05) is 31.9 Å². The number of anilines is 2. The Bertz CT molecular complexity index is 1180. The number of thiazole rings is 1. The molecule has 162 valence electrons. The molecule has 1 amide bonds. The maximum absolute atomic E-state index is 13.0. The molecular formula is C22H26N6O2S. The average Bonchev–Trinajstić information content (AvgIpc) is 3.43. The molecule has 2 aliphatic rings. The Morgan fingerprint density at radius 2 is 1.97 bits per heavy atom. The zero-order valence-electron chi connectivity index (χ0n) is 17.6. The number of rotatable bonds is 5. The molecule has 0 radical (unpaired) electrons. The van der Waals surface area contributed by atoms with Gasteiger partial charge in [0.25, 0.3) is 5.56 Å². The Labute approximate surface area is 184 Å². The van der Waals surface area contributed by atoms with Gasteiger partial charge in [-0.25, -0.2) is 4.98 Å². The first kappa shape index (κ1) is 20.1. The number of aryl methyl sites for hydroxylation is 2. The highest BCUT2D eigenvalue weighted by atomic mass is 32.1. The second kappa shape index (κ2) is 8.39. The maximum atomic E-state index is 13.0. The van der Waals surface area contributed by atoms with Crippen LogP contribution in [0.4, 0.5) is 10.8 Å². The molecule has 0 spiro atoms. The number of fused-ring (bicyclic) bond motifs is 2. The number of amides is 1. The van der Waals surface area contributed by atoms with Crippen molar-refractivity contribution in [1.29, 1.82) is 0 Å². The molecule has 0 saturated carbocycles. The molecule has 3 aromatic rings. The van der Waals surface area contributed by atoms with E-state index in [2.05, 4.69) is 38.1 Å². The van der Waals surface area contributed by atoms with E-state index in [-0.39, 0.29) is 18.0 Å². The first-order valence-electron chi connectivity index (χ1n) is 10.9. The minimum Gasteiger partial charge on any atom is -0.345 e. The SMILES string of the molecule is CCN1CCN(c2nc3ncn(CC(=O)Nc4ccc5c(c4)CCC5)c(=O)c3s2)CC1. The monoisotopic (exact) mass is 438 g/mol. The minimum absolute atomic E-state index is 0.0682. The number of piperazine rings is 1. The van der Waals surface area contributed by atoms with Gasteiger partial charge in [-0.05, 0) is 49.1 Å². The summed E-state index contributed by atoms with van der Waals surface area (Å²) in [7, 11) is 0. The molecule has 0 atom stereocenters. The molecule has 9 heteroatoms. The Hall–Kier alpha value is -2.78. The molecule has 1 saturated heterocycles. The number of carbonyl (C=O) groups is 1. The Kier molecular flexibility index (Phi) is 5.45. The fraction of sp³-hybridized carbons (Fsp3) is 0.455. The topological polar surface area (TPSA) is 83.4 Å². The largest absolute Gasteiger partial charge is 0.345 e. The van der Waals surface area contributed by atoms with Crippen LogP contribution in [0.3, 0.4) is 0 Å². The highest BCUT2D eigenvalue weighted by molar-refractivity contribution is 7.22. The smallest absolute Gasteiger partial charge is 0.273 e. The van der Waals surface area contributed by atoms with Gasteiger partial charge in [0.1, 0.15) is 17.6 Å². The third-order valence-electron chi connectivity index (χ3n) is 6.16. The van der Waals surface area contributed by atoms with Gasteiger partial charge in [0.2, 0.25) is 5.91 Å². The van der Waals surface area contributed by atoms with Crippen molar-refractivity contribution in [3.8, 4) is 0 Å². The summed E-state index contributed by atoms with van der Waals surface area (Å²) in [6.45, 7) is 6.92. The van der Waals surface area contributed by atoms with Crippen molar-refractivity contribution in [3.63, 3.8) is 0 Å². The number of likely N-dealkylation sites (N-methyl/N-ethyl adjacent to an activating group) is 1. The molecule has 3 heterocycles. The van der Waals surface area contributed by atoms with E-state index in [1.165, 1.54) is 39.8 Å². The van der Waals surface area contributed by atoms with Crippen LogP contribution >= 0.6 is 11.3 Å². The van der Waals surface area contributed by atoms with E-state index in [1.54, 1.807) is 0 Å². The normalized spacial score (nSPS) is 16.6. The van der Waals surface area contributed by atoms with E-state index >= 15 is 0 Å². The van der Waals surface area contributed by atoms with Gasteiger partial charge in [-0.15, -0.1) is 0 Å². The lowest BCUT2D eigenvalue weighted by molar-refractivity contribution is -0.116. The lowest BCUT2D eigenvalue weighted by atomic mass is 10.1. The lowest BCUT2D eigenvalue weighted by Gasteiger charge is -2.33. The summed E-state index contributed by atoms with van der Waals surface area (Å²) < 4.78 is 1.86. The fourth-order valence-corrected chi connectivity index (χ4v) is 5.36. The second-order valence-electron chi connectivity index (χ2n) is 8.13. The van der Waals surface area contributed by atoms with E-state index in [4.69, 9.17) is 0 Å². The molecule has 1 aliphatic carbocycles. The molecular weight excluding hydrogens is 412 g/mol. The van der Waals surface area contributed by atoms with Crippen molar-refractivity contribution >= 4 is 38.4 Å². The first-order chi connectivity index (χ1) is 15.1. The first-order valence-corrected chi connectivity index (χ1v) is 11.7. The van der Waals surface area contributed by atoms with Crippen LogP contribution in [0, 0.1) is 0 Å². The number of aromatic nitrogens is 3. The molecule has 31 heavy (non-hydrogen) atoms. The molecule has 0 unspecified atom stereocenters. The average molecular weight is 439 g/mol. The van der Waals surface area contributed by atoms with Gasteiger partial charge in [0.05, 0.1) is 0 Å². The summed E-state index contributed by atoms with van der Waals surface area (Å²) in [6, 6.07) is 6.05. The molecule has 0 bridgehead atoms. The summed E-state index contributed by atoms with van der Waals surface area (Å²) >= 11 is 1.37. The second-order valence-corrected chi connectivity index (χ2v) is 9.11. The minimum atomic E-state index is -0.235. The van der Waals surface area contributed by atoms with Crippen molar-refractivity contribution in [2.24, 2.45) is 0 Å². The number of hydrogen-bond donors (Lipinski definition) is 1. The van der Waals surface area contributed by atoms with Crippen molar-refractivity contribution in [2.75, 3.05) is 42.9 Å². The Balaban J connectivity index is 1.30. The number of benzene rings is 1. The Morgan fingerprint density at radius 1 is 1.16 bits per heavy atom. The maximum Gasteiger partial charge on any atom is 0.273 e. The van der Waals surface area contributed by atoms with Crippen LogP contribution in [0.1, 0.15) is 24.5 Å².